The van der Waals surface area contributed by atoms with Crippen LogP contribution in [0.3, 0.4) is 0 Å². The standard InChI is InChI=1S/C21H17ClFN5/c22-17-4-1-5-18(23)16(17)11-28-10-15(13-3-2-8-25-21(13)28)20-26-9-14(12-6-7-12)19(24)27-20/h1-5,8-10,12H,6-7,11H2,(H2,24,26,27). The van der Waals surface area contributed by atoms with Crippen molar-refractivity contribution in [1.82, 2.24) is 19.5 Å². The van der Waals surface area contributed by atoms with Gasteiger partial charge in [-0.2, -0.15) is 0 Å². The molecule has 0 radical (unpaired) electrons. The number of nitrogen functional groups attached to an aromatic ring is 1. The van der Waals surface area contributed by atoms with Crippen molar-refractivity contribution < 1.29 is 4.39 Å². The van der Waals surface area contributed by atoms with Crippen LogP contribution < -0.4 is 5.73 Å². The maximum Gasteiger partial charge on any atom is 0.163 e. The molecule has 7 heteroatoms. The first kappa shape index (κ1) is 17.1. The molecule has 140 valence electrons. The van der Waals surface area contributed by atoms with Gasteiger partial charge in [-0.3, -0.25) is 0 Å². The van der Waals surface area contributed by atoms with E-state index in [2.05, 4.69) is 15.0 Å². The lowest BCUT2D eigenvalue weighted by molar-refractivity contribution is 0.602. The fourth-order valence-corrected chi connectivity index (χ4v) is 3.74. The number of nitrogens with zero attached hydrogens (tertiary/aromatic N) is 4. The molecule has 5 nitrogen and oxygen atoms in total. The summed E-state index contributed by atoms with van der Waals surface area (Å²) in [5.74, 6) is 1.20. The zero-order chi connectivity index (χ0) is 19.3. The monoisotopic (exact) mass is 393 g/mol. The van der Waals surface area contributed by atoms with Gasteiger partial charge in [-0.25, -0.2) is 19.3 Å². The van der Waals surface area contributed by atoms with E-state index in [1.807, 2.05) is 29.1 Å². The molecule has 5 rings (SSSR count). The smallest absolute Gasteiger partial charge is 0.163 e. The highest BCUT2D eigenvalue weighted by Gasteiger charge is 2.27. The third kappa shape index (κ3) is 2.90. The molecule has 0 bridgehead atoms. The second-order valence-corrected chi connectivity index (χ2v) is 7.46. The van der Waals surface area contributed by atoms with Gasteiger partial charge in [-0.1, -0.05) is 17.7 Å². The summed E-state index contributed by atoms with van der Waals surface area (Å²) in [6, 6.07) is 8.48. The number of fused-ring (bicyclic) bond motifs is 1. The van der Waals surface area contributed by atoms with Gasteiger partial charge >= 0.3 is 0 Å². The van der Waals surface area contributed by atoms with Gasteiger partial charge in [0.05, 0.1) is 6.54 Å². The lowest BCUT2D eigenvalue weighted by Gasteiger charge is -2.08. The largest absolute Gasteiger partial charge is 0.383 e. The van der Waals surface area contributed by atoms with E-state index >= 15 is 0 Å². The number of halogens is 2. The Morgan fingerprint density at radius 3 is 2.79 bits per heavy atom. The zero-order valence-corrected chi connectivity index (χ0v) is 15.7. The van der Waals surface area contributed by atoms with Gasteiger partial charge in [0.1, 0.15) is 17.3 Å². The summed E-state index contributed by atoms with van der Waals surface area (Å²) >= 11 is 6.21. The number of rotatable bonds is 4. The number of hydrogen-bond acceptors (Lipinski definition) is 4. The molecular formula is C21H17ClFN5. The van der Waals surface area contributed by atoms with Crippen LogP contribution in [0.25, 0.3) is 22.4 Å². The van der Waals surface area contributed by atoms with E-state index < -0.39 is 0 Å². The molecule has 1 saturated carbocycles. The predicted octanol–water partition coefficient (Wildman–Crippen LogP) is 4.79. The Bertz CT molecular complexity index is 1180. The van der Waals surface area contributed by atoms with E-state index in [0.29, 0.717) is 33.8 Å². The molecule has 0 aliphatic heterocycles. The van der Waals surface area contributed by atoms with Crippen LogP contribution >= 0.6 is 11.6 Å². The SMILES string of the molecule is Nc1nc(-c2cn(Cc3c(F)cccc3Cl)c3ncccc23)ncc1C1CC1. The minimum atomic E-state index is -0.346. The lowest BCUT2D eigenvalue weighted by Crippen LogP contribution is -2.02. The molecule has 28 heavy (non-hydrogen) atoms. The lowest BCUT2D eigenvalue weighted by atomic mass is 10.2. The zero-order valence-electron chi connectivity index (χ0n) is 14.9. The Kier molecular flexibility index (Phi) is 4.02. The molecule has 3 aromatic heterocycles. The Labute approximate surface area is 166 Å². The molecule has 0 unspecified atom stereocenters. The number of aromatic nitrogens is 4. The van der Waals surface area contributed by atoms with Crippen molar-refractivity contribution in [1.29, 1.82) is 0 Å². The van der Waals surface area contributed by atoms with Gasteiger partial charge in [0, 0.05) is 45.7 Å². The van der Waals surface area contributed by atoms with E-state index in [-0.39, 0.29) is 12.4 Å². The Morgan fingerprint density at radius 2 is 2.04 bits per heavy atom. The Morgan fingerprint density at radius 1 is 1.18 bits per heavy atom. The van der Waals surface area contributed by atoms with Gasteiger partial charge in [0.15, 0.2) is 5.82 Å². The van der Waals surface area contributed by atoms with E-state index in [0.717, 1.165) is 29.4 Å². The van der Waals surface area contributed by atoms with Gasteiger partial charge in [0.2, 0.25) is 0 Å². The third-order valence-electron chi connectivity index (χ3n) is 5.13. The summed E-state index contributed by atoms with van der Waals surface area (Å²) in [7, 11) is 0. The van der Waals surface area contributed by atoms with Crippen molar-refractivity contribution in [3.63, 3.8) is 0 Å². The van der Waals surface area contributed by atoms with Crippen molar-refractivity contribution in [2.24, 2.45) is 0 Å². The van der Waals surface area contributed by atoms with Crippen molar-refractivity contribution in [2.75, 3.05) is 5.73 Å². The topological polar surface area (TPSA) is 69.6 Å². The van der Waals surface area contributed by atoms with Crippen LogP contribution in [0.2, 0.25) is 5.02 Å². The molecule has 2 N–H and O–H groups in total. The highest BCUT2D eigenvalue weighted by Crippen LogP contribution is 2.42. The van der Waals surface area contributed by atoms with Crippen LogP contribution in [0.4, 0.5) is 10.2 Å². The van der Waals surface area contributed by atoms with E-state index in [1.165, 1.54) is 6.07 Å². The minimum absolute atomic E-state index is 0.259. The Balaban J connectivity index is 1.62. The highest BCUT2D eigenvalue weighted by molar-refractivity contribution is 6.31. The average Bonchev–Trinajstić information content (AvgIpc) is 3.46. The molecule has 0 amide bonds. The molecule has 1 aromatic carbocycles. The van der Waals surface area contributed by atoms with Gasteiger partial charge in [0.25, 0.3) is 0 Å². The molecule has 3 heterocycles. The molecule has 1 fully saturated rings. The summed E-state index contributed by atoms with van der Waals surface area (Å²) in [6.07, 6.45) is 7.69. The fraction of sp³-hybridized carbons (Fsp3) is 0.190. The number of nitrogens with two attached hydrogens (primary N) is 1. The first-order chi connectivity index (χ1) is 13.6. The first-order valence-electron chi connectivity index (χ1n) is 9.11. The van der Waals surface area contributed by atoms with Gasteiger partial charge < -0.3 is 10.3 Å². The van der Waals surface area contributed by atoms with E-state index in [1.54, 1.807) is 18.3 Å². The van der Waals surface area contributed by atoms with E-state index in [9.17, 15) is 4.39 Å². The summed E-state index contributed by atoms with van der Waals surface area (Å²) in [5.41, 5.74) is 9.13. The van der Waals surface area contributed by atoms with Crippen LogP contribution in [-0.4, -0.2) is 19.5 Å². The summed E-state index contributed by atoms with van der Waals surface area (Å²) in [6.45, 7) is 0.259. The number of hydrogen-bond donors (Lipinski definition) is 1. The van der Waals surface area contributed by atoms with Crippen LogP contribution in [0.5, 0.6) is 0 Å². The Hall–Kier alpha value is -2.99. The highest BCUT2D eigenvalue weighted by atomic mass is 35.5. The summed E-state index contributed by atoms with van der Waals surface area (Å²) < 4.78 is 16.1. The van der Waals surface area contributed by atoms with Crippen LogP contribution in [0, 0.1) is 5.82 Å². The second-order valence-electron chi connectivity index (χ2n) is 7.05. The maximum absolute atomic E-state index is 14.3. The normalized spacial score (nSPS) is 13.9. The molecule has 1 aliphatic carbocycles. The molecule has 4 aromatic rings. The summed E-state index contributed by atoms with van der Waals surface area (Å²) in [4.78, 5) is 13.6. The van der Waals surface area contributed by atoms with Crippen LogP contribution in [-0.2, 0) is 6.54 Å². The second kappa shape index (κ2) is 6.56. The fourth-order valence-electron chi connectivity index (χ4n) is 3.52. The maximum atomic E-state index is 14.3. The quantitative estimate of drug-likeness (QED) is 0.541. The van der Waals surface area contributed by atoms with Crippen LogP contribution in [0.1, 0.15) is 29.9 Å². The molecule has 0 spiro atoms. The molecular weight excluding hydrogens is 377 g/mol. The van der Waals surface area contributed by atoms with Crippen molar-refractivity contribution in [2.45, 2.75) is 25.3 Å². The number of benzene rings is 1. The third-order valence-corrected chi connectivity index (χ3v) is 5.48. The van der Waals surface area contributed by atoms with Crippen molar-refractivity contribution >= 4 is 28.5 Å². The van der Waals surface area contributed by atoms with Crippen molar-refractivity contribution in [3.05, 3.63) is 70.9 Å². The van der Waals surface area contributed by atoms with Crippen molar-refractivity contribution in [3.8, 4) is 11.4 Å². The van der Waals surface area contributed by atoms with Crippen LogP contribution in [0.15, 0.2) is 48.9 Å². The number of anilines is 1. The summed E-state index contributed by atoms with van der Waals surface area (Å²) in [5, 5.41) is 1.27. The predicted molar refractivity (Wildman–Crippen MR) is 108 cm³/mol. The molecule has 0 atom stereocenters. The van der Waals surface area contributed by atoms with Gasteiger partial charge in [-0.15, -0.1) is 0 Å². The number of pyridine rings is 1. The van der Waals surface area contributed by atoms with E-state index in [4.69, 9.17) is 17.3 Å². The minimum Gasteiger partial charge on any atom is -0.383 e. The first-order valence-corrected chi connectivity index (χ1v) is 9.49. The van der Waals surface area contributed by atoms with Gasteiger partial charge in [-0.05, 0) is 43.0 Å². The molecule has 0 saturated heterocycles. The molecule has 1 aliphatic rings. The average molecular weight is 394 g/mol.